The van der Waals surface area contributed by atoms with Crippen LogP contribution in [0.1, 0.15) is 19.4 Å². The fraction of sp³-hybridized carbons (Fsp3) is 0.500. The third-order valence-corrected chi connectivity index (χ3v) is 2.94. The Kier molecular flexibility index (Phi) is 5.82. The molecule has 1 aromatic rings. The van der Waals surface area contributed by atoms with Gasteiger partial charge in [0.15, 0.2) is 6.10 Å². The molecule has 0 aliphatic carbocycles. The van der Waals surface area contributed by atoms with E-state index in [0.717, 1.165) is 5.56 Å². The number of carbonyl (C=O) groups is 1. The number of esters is 1. The summed E-state index contributed by atoms with van der Waals surface area (Å²) >= 11 is 0. The molecule has 0 spiro atoms. The van der Waals surface area contributed by atoms with Crippen LogP contribution in [0.5, 0.6) is 0 Å². The molecule has 1 rings (SSSR count). The van der Waals surface area contributed by atoms with Crippen LogP contribution < -0.4 is 0 Å². The first-order chi connectivity index (χ1) is 8.56. The smallest absolute Gasteiger partial charge is 0.335 e. The van der Waals surface area contributed by atoms with Gasteiger partial charge in [-0.25, -0.2) is 4.79 Å². The van der Waals surface area contributed by atoms with Gasteiger partial charge in [0.05, 0.1) is 19.8 Å². The number of benzene rings is 1. The Hall–Kier alpha value is -1.39. The van der Waals surface area contributed by atoms with Gasteiger partial charge in [0.2, 0.25) is 0 Å². The van der Waals surface area contributed by atoms with Gasteiger partial charge in [0, 0.05) is 5.92 Å². The number of carbonyl (C=O) groups excluding carboxylic acids is 1. The quantitative estimate of drug-likeness (QED) is 0.784. The fourth-order valence-corrected chi connectivity index (χ4v) is 1.56. The van der Waals surface area contributed by atoms with Crippen molar-refractivity contribution in [2.45, 2.75) is 32.7 Å². The van der Waals surface area contributed by atoms with Crippen molar-refractivity contribution >= 4 is 5.97 Å². The molecule has 1 N–H and O–H groups in total. The average molecular weight is 252 g/mol. The lowest BCUT2D eigenvalue weighted by molar-refractivity contribution is -0.161. The number of aliphatic hydroxyl groups excluding tert-OH is 1. The Morgan fingerprint density at radius 2 is 1.89 bits per heavy atom. The highest BCUT2D eigenvalue weighted by atomic mass is 16.6. The molecule has 18 heavy (non-hydrogen) atoms. The predicted octanol–water partition coefficient (Wildman–Crippen LogP) is 1.76. The standard InChI is InChI=1S/C14H20O4/c1-10(11(2)15)13(14(16)17-3)18-9-12-7-5-4-6-8-12/h4-8,10-11,13,15H,9H2,1-3H3/t10-,11?,13+/m0/s1. The SMILES string of the molecule is COC(=O)[C@H](OCc1ccccc1)[C@@H](C)C(C)O. The second-order valence-electron chi connectivity index (χ2n) is 4.34. The molecule has 0 saturated carbocycles. The van der Waals surface area contributed by atoms with Gasteiger partial charge in [-0.2, -0.15) is 0 Å². The van der Waals surface area contributed by atoms with Gasteiger partial charge in [-0.15, -0.1) is 0 Å². The van der Waals surface area contributed by atoms with Gasteiger partial charge in [-0.05, 0) is 12.5 Å². The molecule has 0 bridgehead atoms. The molecule has 0 aliphatic rings. The minimum absolute atomic E-state index is 0.317. The maximum atomic E-state index is 11.6. The molecule has 0 aromatic heterocycles. The van der Waals surface area contributed by atoms with Crippen LogP contribution in [0.15, 0.2) is 30.3 Å². The third kappa shape index (κ3) is 4.13. The summed E-state index contributed by atoms with van der Waals surface area (Å²) < 4.78 is 10.3. The molecule has 1 aromatic carbocycles. The van der Waals surface area contributed by atoms with Crippen LogP contribution in [0.4, 0.5) is 0 Å². The topological polar surface area (TPSA) is 55.8 Å². The summed E-state index contributed by atoms with van der Waals surface area (Å²) in [5, 5.41) is 9.55. The first-order valence-electron chi connectivity index (χ1n) is 5.97. The van der Waals surface area contributed by atoms with E-state index < -0.39 is 18.2 Å². The predicted molar refractivity (Wildman–Crippen MR) is 67.9 cm³/mol. The normalized spacial score (nSPS) is 15.8. The van der Waals surface area contributed by atoms with E-state index in [1.165, 1.54) is 7.11 Å². The zero-order chi connectivity index (χ0) is 13.5. The Labute approximate surface area is 108 Å². The minimum atomic E-state index is -0.754. The van der Waals surface area contributed by atoms with Crippen molar-refractivity contribution in [3.05, 3.63) is 35.9 Å². The summed E-state index contributed by atoms with van der Waals surface area (Å²) in [5.74, 6) is -0.777. The Balaban J connectivity index is 2.65. The van der Waals surface area contributed by atoms with Gasteiger partial charge in [0.1, 0.15) is 0 Å². The highest BCUT2D eigenvalue weighted by Gasteiger charge is 2.29. The third-order valence-electron chi connectivity index (χ3n) is 2.94. The van der Waals surface area contributed by atoms with Crippen molar-refractivity contribution in [2.75, 3.05) is 7.11 Å². The molecular formula is C14H20O4. The lowest BCUT2D eigenvalue weighted by Crippen LogP contribution is -2.37. The van der Waals surface area contributed by atoms with E-state index in [9.17, 15) is 9.90 Å². The minimum Gasteiger partial charge on any atom is -0.467 e. The molecule has 4 nitrogen and oxygen atoms in total. The van der Waals surface area contributed by atoms with Crippen molar-refractivity contribution in [2.24, 2.45) is 5.92 Å². The van der Waals surface area contributed by atoms with Gasteiger partial charge in [-0.3, -0.25) is 0 Å². The second-order valence-corrected chi connectivity index (χ2v) is 4.34. The van der Waals surface area contributed by atoms with Crippen LogP contribution in [-0.2, 0) is 20.9 Å². The fourth-order valence-electron chi connectivity index (χ4n) is 1.56. The molecule has 0 saturated heterocycles. The molecule has 3 atom stereocenters. The zero-order valence-electron chi connectivity index (χ0n) is 11.0. The van der Waals surface area contributed by atoms with Gasteiger partial charge < -0.3 is 14.6 Å². The number of methoxy groups -OCH3 is 1. The van der Waals surface area contributed by atoms with Crippen LogP contribution in [0.2, 0.25) is 0 Å². The van der Waals surface area contributed by atoms with Gasteiger partial charge in [0.25, 0.3) is 0 Å². The Bertz CT molecular complexity index is 361. The molecule has 0 radical (unpaired) electrons. The summed E-state index contributed by atoms with van der Waals surface area (Å²) in [6.07, 6.45) is -1.39. The van der Waals surface area contributed by atoms with Gasteiger partial charge >= 0.3 is 5.97 Å². The molecule has 4 heteroatoms. The second kappa shape index (κ2) is 7.13. The first-order valence-corrected chi connectivity index (χ1v) is 5.97. The maximum absolute atomic E-state index is 11.6. The molecule has 0 fully saturated rings. The van der Waals surface area contributed by atoms with E-state index in [2.05, 4.69) is 0 Å². The van der Waals surface area contributed by atoms with E-state index in [0.29, 0.717) is 6.61 Å². The number of aliphatic hydroxyl groups is 1. The lowest BCUT2D eigenvalue weighted by atomic mass is 9.99. The highest BCUT2D eigenvalue weighted by Crippen LogP contribution is 2.16. The summed E-state index contributed by atoms with van der Waals surface area (Å²) in [6.45, 7) is 3.71. The van der Waals surface area contributed by atoms with Crippen molar-refractivity contribution < 1.29 is 19.4 Å². The molecule has 0 aliphatic heterocycles. The van der Waals surface area contributed by atoms with Crippen LogP contribution in [-0.4, -0.2) is 30.4 Å². The Morgan fingerprint density at radius 1 is 1.28 bits per heavy atom. The van der Waals surface area contributed by atoms with Crippen molar-refractivity contribution in [3.8, 4) is 0 Å². The van der Waals surface area contributed by atoms with E-state index >= 15 is 0 Å². The summed E-state index contributed by atoms with van der Waals surface area (Å²) in [4.78, 5) is 11.6. The molecule has 0 amide bonds. The molecular weight excluding hydrogens is 232 g/mol. The Morgan fingerprint density at radius 3 is 2.39 bits per heavy atom. The molecule has 0 heterocycles. The number of rotatable bonds is 6. The highest BCUT2D eigenvalue weighted by molar-refractivity contribution is 5.74. The molecule has 100 valence electrons. The van der Waals surface area contributed by atoms with Crippen LogP contribution in [0, 0.1) is 5.92 Å². The average Bonchev–Trinajstić information content (AvgIpc) is 2.39. The summed E-state index contributed by atoms with van der Waals surface area (Å²) in [6, 6.07) is 9.57. The zero-order valence-corrected chi connectivity index (χ0v) is 11.0. The van der Waals surface area contributed by atoms with Crippen LogP contribution in [0.3, 0.4) is 0 Å². The van der Waals surface area contributed by atoms with Crippen molar-refractivity contribution in [1.82, 2.24) is 0 Å². The van der Waals surface area contributed by atoms with Crippen molar-refractivity contribution in [1.29, 1.82) is 0 Å². The van der Waals surface area contributed by atoms with E-state index in [1.807, 2.05) is 30.3 Å². The number of ether oxygens (including phenoxy) is 2. The summed E-state index contributed by atoms with van der Waals surface area (Å²) in [5.41, 5.74) is 0.976. The van der Waals surface area contributed by atoms with Crippen LogP contribution in [0.25, 0.3) is 0 Å². The molecule has 1 unspecified atom stereocenters. The van der Waals surface area contributed by atoms with E-state index in [4.69, 9.17) is 9.47 Å². The first kappa shape index (κ1) is 14.7. The largest absolute Gasteiger partial charge is 0.467 e. The van der Waals surface area contributed by atoms with Gasteiger partial charge in [-0.1, -0.05) is 37.3 Å². The summed E-state index contributed by atoms with van der Waals surface area (Å²) in [7, 11) is 1.32. The number of hydrogen-bond donors (Lipinski definition) is 1. The van der Waals surface area contributed by atoms with Crippen molar-refractivity contribution in [3.63, 3.8) is 0 Å². The monoisotopic (exact) mass is 252 g/mol. The lowest BCUT2D eigenvalue weighted by Gasteiger charge is -2.24. The van der Waals surface area contributed by atoms with E-state index in [1.54, 1.807) is 13.8 Å². The van der Waals surface area contributed by atoms with Crippen LogP contribution >= 0.6 is 0 Å². The maximum Gasteiger partial charge on any atom is 0.335 e. The number of hydrogen-bond acceptors (Lipinski definition) is 4. The van der Waals surface area contributed by atoms with E-state index in [-0.39, 0.29) is 5.92 Å².